The number of hydrogen-bond donors (Lipinski definition) is 2. The van der Waals surface area contributed by atoms with Crippen LogP contribution in [0, 0.1) is 0 Å². The molecule has 0 amide bonds. The van der Waals surface area contributed by atoms with E-state index in [4.69, 9.17) is 10.3 Å². The van der Waals surface area contributed by atoms with Gasteiger partial charge in [0, 0.05) is 5.56 Å². The van der Waals surface area contributed by atoms with Crippen molar-refractivity contribution in [2.45, 2.75) is 0 Å². The molecule has 0 saturated heterocycles. The monoisotopic (exact) mass is 176 g/mol. The predicted molar refractivity (Wildman–Crippen MR) is 47.5 cm³/mol. The molecule has 0 unspecified atom stereocenters. The van der Waals surface area contributed by atoms with Gasteiger partial charge in [-0.25, -0.2) is 5.84 Å². The van der Waals surface area contributed by atoms with Gasteiger partial charge in [-0.1, -0.05) is 23.3 Å². The molecule has 0 atom stereocenters. The minimum absolute atomic E-state index is 0.207. The van der Waals surface area contributed by atoms with Crippen LogP contribution >= 0.6 is 0 Å². The first-order valence-corrected chi connectivity index (χ1v) is 3.75. The fourth-order valence-electron chi connectivity index (χ4n) is 0.979. The van der Waals surface area contributed by atoms with Gasteiger partial charge in [-0.05, 0) is 12.1 Å². The molecule has 3 N–H and O–H groups in total. The zero-order valence-electron chi connectivity index (χ0n) is 6.77. The molecule has 0 aliphatic heterocycles. The van der Waals surface area contributed by atoms with Gasteiger partial charge in [0.05, 0.1) is 0 Å². The Labute approximate surface area is 74.6 Å². The quantitative estimate of drug-likeness (QED) is 0.527. The van der Waals surface area contributed by atoms with E-state index in [2.05, 4.69) is 15.6 Å². The third-order valence-corrected chi connectivity index (χ3v) is 1.57. The van der Waals surface area contributed by atoms with E-state index in [0.717, 1.165) is 5.56 Å². The minimum Gasteiger partial charge on any atom is -0.402 e. The van der Waals surface area contributed by atoms with Crippen LogP contribution in [0.2, 0.25) is 0 Å². The highest BCUT2D eigenvalue weighted by Gasteiger charge is 2.05. The molecule has 1 heterocycles. The summed E-state index contributed by atoms with van der Waals surface area (Å²) in [5.41, 5.74) is 3.15. The van der Waals surface area contributed by atoms with Gasteiger partial charge in [-0.2, -0.15) is 0 Å². The second-order valence-corrected chi connectivity index (χ2v) is 2.42. The number of anilines is 1. The number of hydrogen-bond acceptors (Lipinski definition) is 5. The van der Waals surface area contributed by atoms with Gasteiger partial charge in [0.2, 0.25) is 5.89 Å². The number of hydrazine groups is 1. The van der Waals surface area contributed by atoms with Crippen molar-refractivity contribution >= 4 is 6.01 Å². The Balaban J connectivity index is 2.36. The molecule has 5 nitrogen and oxygen atoms in total. The highest BCUT2D eigenvalue weighted by Crippen LogP contribution is 2.17. The molecule has 0 radical (unpaired) electrons. The van der Waals surface area contributed by atoms with E-state index in [1.165, 1.54) is 0 Å². The van der Waals surface area contributed by atoms with Crippen molar-refractivity contribution < 1.29 is 4.42 Å². The first-order chi connectivity index (χ1) is 6.40. The van der Waals surface area contributed by atoms with E-state index < -0.39 is 0 Å². The smallest absolute Gasteiger partial charge is 0.330 e. The molecular weight excluding hydrogens is 168 g/mol. The Kier molecular flexibility index (Phi) is 1.93. The van der Waals surface area contributed by atoms with Crippen molar-refractivity contribution in [3.63, 3.8) is 0 Å². The molecule has 0 aliphatic rings. The third kappa shape index (κ3) is 1.50. The van der Waals surface area contributed by atoms with Crippen molar-refractivity contribution in [3.8, 4) is 11.5 Å². The van der Waals surface area contributed by atoms with E-state index in [1.54, 1.807) is 0 Å². The van der Waals surface area contributed by atoms with Gasteiger partial charge in [-0.15, -0.1) is 5.10 Å². The number of aromatic nitrogens is 2. The number of rotatable bonds is 2. The van der Waals surface area contributed by atoms with E-state index in [-0.39, 0.29) is 6.01 Å². The molecule has 1 aromatic carbocycles. The van der Waals surface area contributed by atoms with Crippen molar-refractivity contribution in [2.24, 2.45) is 5.84 Å². The normalized spacial score (nSPS) is 9.92. The summed E-state index contributed by atoms with van der Waals surface area (Å²) < 4.78 is 5.16. The summed E-state index contributed by atoms with van der Waals surface area (Å²) in [6.07, 6.45) is 0. The molecular formula is C8H8N4O. The zero-order chi connectivity index (χ0) is 9.10. The van der Waals surface area contributed by atoms with Crippen LogP contribution < -0.4 is 11.3 Å². The maximum atomic E-state index is 5.16. The lowest BCUT2D eigenvalue weighted by Crippen LogP contribution is -2.06. The average Bonchev–Trinajstić information content (AvgIpc) is 2.67. The highest BCUT2D eigenvalue weighted by molar-refractivity contribution is 5.52. The minimum atomic E-state index is 0.207. The molecule has 0 aliphatic carbocycles. The van der Waals surface area contributed by atoms with Gasteiger partial charge in [0.25, 0.3) is 0 Å². The molecule has 0 saturated carbocycles. The van der Waals surface area contributed by atoms with Gasteiger partial charge in [0.15, 0.2) is 0 Å². The first kappa shape index (κ1) is 7.75. The van der Waals surface area contributed by atoms with Crippen LogP contribution in [-0.4, -0.2) is 10.2 Å². The Morgan fingerprint density at radius 2 is 1.92 bits per heavy atom. The van der Waals surface area contributed by atoms with Gasteiger partial charge in [-0.3, -0.25) is 5.43 Å². The Hall–Kier alpha value is -1.88. The Morgan fingerprint density at radius 1 is 1.15 bits per heavy atom. The predicted octanol–water partition coefficient (Wildman–Crippen LogP) is 1.02. The summed E-state index contributed by atoms with van der Waals surface area (Å²) in [7, 11) is 0. The van der Waals surface area contributed by atoms with Crippen molar-refractivity contribution in [3.05, 3.63) is 30.3 Å². The third-order valence-electron chi connectivity index (χ3n) is 1.57. The number of nitrogens with two attached hydrogens (primary N) is 1. The molecule has 2 rings (SSSR count). The summed E-state index contributed by atoms with van der Waals surface area (Å²) in [6.45, 7) is 0. The molecule has 0 bridgehead atoms. The number of benzene rings is 1. The fourth-order valence-corrected chi connectivity index (χ4v) is 0.979. The van der Waals surface area contributed by atoms with Gasteiger partial charge < -0.3 is 4.42 Å². The van der Waals surface area contributed by atoms with Crippen LogP contribution in [0.4, 0.5) is 6.01 Å². The summed E-state index contributed by atoms with van der Waals surface area (Å²) in [5, 5.41) is 7.46. The molecule has 66 valence electrons. The zero-order valence-corrected chi connectivity index (χ0v) is 6.77. The number of nitrogen functional groups attached to an aromatic ring is 1. The van der Waals surface area contributed by atoms with Crippen LogP contribution in [0.15, 0.2) is 34.7 Å². The van der Waals surface area contributed by atoms with E-state index in [1.807, 2.05) is 30.3 Å². The van der Waals surface area contributed by atoms with E-state index >= 15 is 0 Å². The van der Waals surface area contributed by atoms with Crippen molar-refractivity contribution in [2.75, 3.05) is 5.43 Å². The topological polar surface area (TPSA) is 77.0 Å². The van der Waals surface area contributed by atoms with Crippen LogP contribution in [0.25, 0.3) is 11.5 Å². The van der Waals surface area contributed by atoms with Crippen LogP contribution in [-0.2, 0) is 0 Å². The number of nitrogens with one attached hydrogen (secondary N) is 1. The second-order valence-electron chi connectivity index (χ2n) is 2.42. The Bertz CT molecular complexity index is 384. The SMILES string of the molecule is NNc1nnc(-c2ccccc2)o1. The maximum absolute atomic E-state index is 5.16. The van der Waals surface area contributed by atoms with E-state index in [9.17, 15) is 0 Å². The van der Waals surface area contributed by atoms with Crippen molar-refractivity contribution in [1.29, 1.82) is 0 Å². The first-order valence-electron chi connectivity index (χ1n) is 3.75. The fraction of sp³-hybridized carbons (Fsp3) is 0. The lowest BCUT2D eigenvalue weighted by Gasteiger charge is -1.91. The largest absolute Gasteiger partial charge is 0.402 e. The lowest BCUT2D eigenvalue weighted by atomic mass is 10.2. The van der Waals surface area contributed by atoms with Crippen LogP contribution in [0.5, 0.6) is 0 Å². The second kappa shape index (κ2) is 3.24. The van der Waals surface area contributed by atoms with Crippen LogP contribution in [0.3, 0.4) is 0 Å². The summed E-state index contributed by atoms with van der Waals surface area (Å²) in [6, 6.07) is 9.69. The molecule has 1 aromatic heterocycles. The lowest BCUT2D eigenvalue weighted by molar-refractivity contribution is 0.582. The summed E-state index contributed by atoms with van der Waals surface area (Å²) in [4.78, 5) is 0. The van der Waals surface area contributed by atoms with Crippen LogP contribution in [0.1, 0.15) is 0 Å². The molecule has 0 spiro atoms. The standard InChI is InChI=1S/C8H8N4O/c9-10-8-12-11-7(13-8)6-4-2-1-3-5-6/h1-5H,9H2,(H,10,12). The molecule has 13 heavy (non-hydrogen) atoms. The molecule has 5 heteroatoms. The maximum Gasteiger partial charge on any atom is 0.330 e. The summed E-state index contributed by atoms with van der Waals surface area (Å²) >= 11 is 0. The van der Waals surface area contributed by atoms with E-state index in [0.29, 0.717) is 5.89 Å². The van der Waals surface area contributed by atoms with Crippen molar-refractivity contribution in [1.82, 2.24) is 10.2 Å². The molecule has 2 aromatic rings. The number of nitrogens with zero attached hydrogens (tertiary/aromatic N) is 2. The van der Waals surface area contributed by atoms with Gasteiger partial charge >= 0.3 is 6.01 Å². The molecule has 0 fully saturated rings. The Morgan fingerprint density at radius 3 is 2.54 bits per heavy atom. The van der Waals surface area contributed by atoms with Gasteiger partial charge in [0.1, 0.15) is 0 Å². The average molecular weight is 176 g/mol. The summed E-state index contributed by atoms with van der Waals surface area (Å²) in [5.74, 6) is 5.55. The highest BCUT2D eigenvalue weighted by atomic mass is 16.4.